The fraction of sp³-hybridized carbons (Fsp3) is 0.353. The zero-order valence-corrected chi connectivity index (χ0v) is 12.8. The molecule has 1 heterocycles. The van der Waals surface area contributed by atoms with Gasteiger partial charge >= 0.3 is 0 Å². The predicted molar refractivity (Wildman–Crippen MR) is 81.1 cm³/mol. The van der Waals surface area contributed by atoms with E-state index in [0.717, 1.165) is 22.6 Å². The Hall–Kier alpha value is -2.25. The average molecular weight is 284 g/mol. The van der Waals surface area contributed by atoms with Crippen molar-refractivity contribution in [3.05, 3.63) is 52.5 Å². The van der Waals surface area contributed by atoms with E-state index >= 15 is 0 Å². The SMILES string of the molecule is Cc1ccc(C(Oc2c(C)cc(C#N)cc2C)C(C)N)o1. The number of hydrogen-bond donors (Lipinski definition) is 1. The molecule has 0 fully saturated rings. The molecular formula is C17H20N2O2. The molecule has 0 amide bonds. The Morgan fingerprint density at radius 2 is 1.81 bits per heavy atom. The van der Waals surface area contributed by atoms with Gasteiger partial charge in [-0.25, -0.2) is 0 Å². The molecule has 2 rings (SSSR count). The van der Waals surface area contributed by atoms with E-state index in [2.05, 4.69) is 6.07 Å². The number of nitrogens with zero attached hydrogens (tertiary/aromatic N) is 1. The summed E-state index contributed by atoms with van der Waals surface area (Å²) < 4.78 is 11.8. The maximum Gasteiger partial charge on any atom is 0.171 e. The molecule has 4 nitrogen and oxygen atoms in total. The molecule has 0 radical (unpaired) electrons. The van der Waals surface area contributed by atoms with Gasteiger partial charge in [0.1, 0.15) is 17.3 Å². The Morgan fingerprint density at radius 3 is 2.24 bits per heavy atom. The largest absolute Gasteiger partial charge is 0.480 e. The van der Waals surface area contributed by atoms with Crippen molar-refractivity contribution in [1.29, 1.82) is 5.26 Å². The summed E-state index contributed by atoms with van der Waals surface area (Å²) in [6, 6.07) is 9.34. The normalized spacial score (nSPS) is 13.5. The molecule has 0 saturated carbocycles. The van der Waals surface area contributed by atoms with E-state index in [1.54, 1.807) is 0 Å². The van der Waals surface area contributed by atoms with Crippen molar-refractivity contribution in [3.8, 4) is 11.8 Å². The molecular weight excluding hydrogens is 264 g/mol. The number of ether oxygens (including phenoxy) is 1. The standard InChI is InChI=1S/C17H20N2O2/c1-10-7-14(9-18)8-11(2)16(10)21-17(13(4)19)15-6-5-12(3)20-15/h5-8,13,17H,19H2,1-4H3. The van der Waals surface area contributed by atoms with Crippen LogP contribution in [0.1, 0.15) is 41.2 Å². The van der Waals surface area contributed by atoms with Gasteiger partial charge in [-0.2, -0.15) is 5.26 Å². The van der Waals surface area contributed by atoms with Gasteiger partial charge in [0.15, 0.2) is 6.10 Å². The van der Waals surface area contributed by atoms with Gasteiger partial charge < -0.3 is 14.9 Å². The Kier molecular flexibility index (Phi) is 4.35. The predicted octanol–water partition coefficient (Wildman–Crippen LogP) is 3.54. The second kappa shape index (κ2) is 6.02. The molecule has 0 aliphatic rings. The molecule has 2 atom stereocenters. The van der Waals surface area contributed by atoms with Crippen molar-refractivity contribution in [3.63, 3.8) is 0 Å². The van der Waals surface area contributed by atoms with E-state index in [9.17, 15) is 0 Å². The van der Waals surface area contributed by atoms with Gasteiger partial charge in [-0.3, -0.25) is 0 Å². The fourth-order valence-electron chi connectivity index (χ4n) is 2.36. The lowest BCUT2D eigenvalue weighted by Gasteiger charge is -2.23. The summed E-state index contributed by atoms with van der Waals surface area (Å²) in [7, 11) is 0. The zero-order chi connectivity index (χ0) is 15.6. The second-order valence-electron chi connectivity index (χ2n) is 5.40. The van der Waals surface area contributed by atoms with Crippen LogP contribution < -0.4 is 10.5 Å². The molecule has 0 saturated heterocycles. The van der Waals surface area contributed by atoms with Crippen molar-refractivity contribution in [1.82, 2.24) is 0 Å². The molecule has 2 unspecified atom stereocenters. The monoisotopic (exact) mass is 284 g/mol. The van der Waals surface area contributed by atoms with Gasteiger partial charge in [0.2, 0.25) is 0 Å². The molecule has 110 valence electrons. The van der Waals surface area contributed by atoms with Crippen LogP contribution >= 0.6 is 0 Å². The summed E-state index contributed by atoms with van der Waals surface area (Å²) in [6.45, 7) is 7.63. The first-order chi connectivity index (χ1) is 9.92. The molecule has 1 aromatic heterocycles. The highest BCUT2D eigenvalue weighted by Crippen LogP contribution is 2.31. The quantitative estimate of drug-likeness (QED) is 0.932. The third-order valence-corrected chi connectivity index (χ3v) is 3.35. The van der Waals surface area contributed by atoms with Crippen molar-refractivity contribution in [2.45, 2.75) is 39.8 Å². The average Bonchev–Trinajstić information content (AvgIpc) is 2.83. The summed E-state index contributed by atoms with van der Waals surface area (Å²) in [5, 5.41) is 9.00. The number of nitriles is 1. The highest BCUT2D eigenvalue weighted by molar-refractivity contribution is 5.47. The van der Waals surface area contributed by atoms with E-state index in [1.165, 1.54) is 0 Å². The van der Waals surface area contributed by atoms with Gasteiger partial charge in [-0.1, -0.05) is 0 Å². The van der Waals surface area contributed by atoms with Crippen LogP contribution in [0, 0.1) is 32.1 Å². The third kappa shape index (κ3) is 3.26. The van der Waals surface area contributed by atoms with Crippen LogP contribution in [-0.4, -0.2) is 6.04 Å². The van der Waals surface area contributed by atoms with Gasteiger partial charge in [-0.15, -0.1) is 0 Å². The minimum atomic E-state index is -0.357. The van der Waals surface area contributed by atoms with Crippen molar-refractivity contribution in [2.24, 2.45) is 5.73 Å². The fourth-order valence-corrected chi connectivity index (χ4v) is 2.36. The highest BCUT2D eigenvalue weighted by atomic mass is 16.5. The number of nitrogens with two attached hydrogens (primary N) is 1. The lowest BCUT2D eigenvalue weighted by molar-refractivity contribution is 0.150. The summed E-state index contributed by atoms with van der Waals surface area (Å²) in [6.07, 6.45) is -0.357. The van der Waals surface area contributed by atoms with Crippen LogP contribution in [0.3, 0.4) is 0 Å². The zero-order valence-electron chi connectivity index (χ0n) is 12.8. The van der Waals surface area contributed by atoms with E-state index in [1.807, 2.05) is 52.0 Å². The maximum atomic E-state index is 9.00. The van der Waals surface area contributed by atoms with Gasteiger partial charge in [0.05, 0.1) is 11.6 Å². The minimum absolute atomic E-state index is 0.218. The van der Waals surface area contributed by atoms with Crippen molar-refractivity contribution >= 4 is 0 Å². The van der Waals surface area contributed by atoms with Crippen LogP contribution in [0.5, 0.6) is 5.75 Å². The Bertz CT molecular complexity index is 657. The highest BCUT2D eigenvalue weighted by Gasteiger charge is 2.23. The molecule has 0 aliphatic carbocycles. The molecule has 1 aromatic carbocycles. The molecule has 0 spiro atoms. The Labute approximate surface area is 125 Å². The lowest BCUT2D eigenvalue weighted by atomic mass is 10.1. The summed E-state index contributed by atoms with van der Waals surface area (Å²) in [5.74, 6) is 2.29. The second-order valence-corrected chi connectivity index (χ2v) is 5.40. The van der Waals surface area contributed by atoms with E-state index < -0.39 is 0 Å². The van der Waals surface area contributed by atoms with E-state index in [-0.39, 0.29) is 12.1 Å². The Morgan fingerprint density at radius 1 is 1.19 bits per heavy atom. The van der Waals surface area contributed by atoms with E-state index in [4.69, 9.17) is 20.1 Å². The number of rotatable bonds is 4. The van der Waals surface area contributed by atoms with E-state index in [0.29, 0.717) is 11.3 Å². The first-order valence-corrected chi connectivity index (χ1v) is 6.92. The number of hydrogen-bond acceptors (Lipinski definition) is 4. The molecule has 0 aliphatic heterocycles. The maximum absolute atomic E-state index is 9.00. The van der Waals surface area contributed by atoms with Gasteiger partial charge in [0.25, 0.3) is 0 Å². The first-order valence-electron chi connectivity index (χ1n) is 6.92. The van der Waals surface area contributed by atoms with Crippen LogP contribution in [-0.2, 0) is 0 Å². The van der Waals surface area contributed by atoms with Crippen LogP contribution in [0.4, 0.5) is 0 Å². The molecule has 2 N–H and O–H groups in total. The third-order valence-electron chi connectivity index (χ3n) is 3.35. The minimum Gasteiger partial charge on any atom is -0.480 e. The number of aryl methyl sites for hydroxylation is 3. The van der Waals surface area contributed by atoms with Crippen molar-refractivity contribution < 1.29 is 9.15 Å². The molecule has 21 heavy (non-hydrogen) atoms. The smallest absolute Gasteiger partial charge is 0.171 e. The van der Waals surface area contributed by atoms with Crippen LogP contribution in [0.25, 0.3) is 0 Å². The number of furan rings is 1. The van der Waals surface area contributed by atoms with Gasteiger partial charge in [-0.05, 0) is 63.1 Å². The molecule has 0 bridgehead atoms. The molecule has 4 heteroatoms. The van der Waals surface area contributed by atoms with Gasteiger partial charge in [0, 0.05) is 6.04 Å². The first kappa shape index (κ1) is 15.1. The summed E-state index contributed by atoms with van der Waals surface area (Å²) >= 11 is 0. The molecule has 2 aromatic rings. The number of benzene rings is 1. The van der Waals surface area contributed by atoms with Crippen LogP contribution in [0.2, 0.25) is 0 Å². The summed E-state index contributed by atoms with van der Waals surface area (Å²) in [5.41, 5.74) is 8.51. The summed E-state index contributed by atoms with van der Waals surface area (Å²) in [4.78, 5) is 0. The van der Waals surface area contributed by atoms with Crippen molar-refractivity contribution in [2.75, 3.05) is 0 Å². The van der Waals surface area contributed by atoms with Crippen LogP contribution in [0.15, 0.2) is 28.7 Å². The lowest BCUT2D eigenvalue weighted by Crippen LogP contribution is -2.29. The Balaban J connectivity index is 2.36. The topological polar surface area (TPSA) is 72.2 Å².